The third kappa shape index (κ3) is 3.35. The van der Waals surface area contributed by atoms with Crippen molar-refractivity contribution < 1.29 is 0 Å². The predicted octanol–water partition coefficient (Wildman–Crippen LogP) is 2.69. The molecule has 0 saturated carbocycles. The van der Waals surface area contributed by atoms with E-state index in [2.05, 4.69) is 39.7 Å². The molecule has 3 aromatic rings. The highest BCUT2D eigenvalue weighted by atomic mass is 15.3. The fourth-order valence-electron chi connectivity index (χ4n) is 2.39. The Labute approximate surface area is 124 Å². The number of hydrogen-bond donors (Lipinski definition) is 1. The van der Waals surface area contributed by atoms with Crippen molar-refractivity contribution in [3.8, 4) is 0 Å². The Bertz CT molecular complexity index is 637. The Balaban J connectivity index is 1.83. The Morgan fingerprint density at radius 3 is 2.38 bits per heavy atom. The van der Waals surface area contributed by atoms with Crippen molar-refractivity contribution in [1.82, 2.24) is 20.1 Å². The van der Waals surface area contributed by atoms with Crippen LogP contribution in [0.1, 0.15) is 22.9 Å². The van der Waals surface area contributed by atoms with Crippen LogP contribution in [-0.2, 0) is 13.6 Å². The SMILES string of the molecule is Cn1ccc(CNC(c2ccccc2)c2ccncc2)n1. The lowest BCUT2D eigenvalue weighted by Gasteiger charge is -2.19. The average molecular weight is 278 g/mol. The highest BCUT2D eigenvalue weighted by Crippen LogP contribution is 2.21. The van der Waals surface area contributed by atoms with E-state index >= 15 is 0 Å². The van der Waals surface area contributed by atoms with Gasteiger partial charge in [0, 0.05) is 32.2 Å². The van der Waals surface area contributed by atoms with E-state index in [4.69, 9.17) is 0 Å². The first-order chi connectivity index (χ1) is 10.3. The number of aryl methyl sites for hydroxylation is 1. The Hall–Kier alpha value is -2.46. The van der Waals surface area contributed by atoms with Crippen LogP contribution in [0.15, 0.2) is 67.1 Å². The standard InChI is InChI=1S/C17H18N4/c1-21-12-9-16(20-21)13-19-17(14-5-3-2-4-6-14)15-7-10-18-11-8-15/h2-12,17,19H,13H2,1H3. The summed E-state index contributed by atoms with van der Waals surface area (Å²) in [5, 5.41) is 7.99. The van der Waals surface area contributed by atoms with Gasteiger partial charge in [0.15, 0.2) is 0 Å². The molecule has 0 spiro atoms. The number of nitrogens with zero attached hydrogens (tertiary/aromatic N) is 3. The quantitative estimate of drug-likeness (QED) is 0.780. The van der Waals surface area contributed by atoms with E-state index < -0.39 is 0 Å². The molecule has 3 rings (SSSR count). The third-order valence-corrected chi connectivity index (χ3v) is 3.43. The Kier molecular flexibility index (Phi) is 4.07. The van der Waals surface area contributed by atoms with Crippen LogP contribution in [0.3, 0.4) is 0 Å². The van der Waals surface area contributed by atoms with Crippen molar-refractivity contribution in [3.05, 3.63) is 83.9 Å². The molecule has 0 radical (unpaired) electrons. The first-order valence-electron chi connectivity index (χ1n) is 7.00. The van der Waals surface area contributed by atoms with Crippen LogP contribution in [0.5, 0.6) is 0 Å². The lowest BCUT2D eigenvalue weighted by Crippen LogP contribution is -2.22. The normalized spacial score (nSPS) is 12.2. The molecule has 1 unspecified atom stereocenters. The summed E-state index contributed by atoms with van der Waals surface area (Å²) < 4.78 is 1.82. The Morgan fingerprint density at radius 1 is 1.00 bits per heavy atom. The third-order valence-electron chi connectivity index (χ3n) is 3.43. The van der Waals surface area contributed by atoms with E-state index in [1.807, 2.05) is 54.6 Å². The van der Waals surface area contributed by atoms with Crippen LogP contribution in [0.4, 0.5) is 0 Å². The Morgan fingerprint density at radius 2 is 1.71 bits per heavy atom. The number of nitrogens with one attached hydrogen (secondary N) is 1. The molecule has 0 fully saturated rings. The van der Waals surface area contributed by atoms with E-state index in [1.165, 1.54) is 11.1 Å². The van der Waals surface area contributed by atoms with E-state index in [9.17, 15) is 0 Å². The molecule has 0 saturated heterocycles. The predicted molar refractivity (Wildman–Crippen MR) is 82.6 cm³/mol. The summed E-state index contributed by atoms with van der Waals surface area (Å²) in [6, 6.07) is 16.7. The second kappa shape index (κ2) is 6.33. The maximum absolute atomic E-state index is 4.41. The number of pyridine rings is 1. The molecule has 0 amide bonds. The number of hydrogen-bond acceptors (Lipinski definition) is 3. The van der Waals surface area contributed by atoms with Gasteiger partial charge in [-0.25, -0.2) is 0 Å². The average Bonchev–Trinajstić information content (AvgIpc) is 2.95. The summed E-state index contributed by atoms with van der Waals surface area (Å²) in [7, 11) is 1.93. The molecular formula is C17H18N4. The van der Waals surface area contributed by atoms with Crippen LogP contribution in [0.25, 0.3) is 0 Å². The largest absolute Gasteiger partial charge is 0.300 e. The van der Waals surface area contributed by atoms with Gasteiger partial charge >= 0.3 is 0 Å². The molecule has 1 N–H and O–H groups in total. The lowest BCUT2D eigenvalue weighted by molar-refractivity contribution is 0.588. The zero-order valence-electron chi connectivity index (χ0n) is 12.0. The minimum absolute atomic E-state index is 0.135. The highest BCUT2D eigenvalue weighted by molar-refractivity contribution is 5.30. The summed E-state index contributed by atoms with van der Waals surface area (Å²) in [5.41, 5.74) is 3.47. The minimum atomic E-state index is 0.135. The number of aromatic nitrogens is 3. The van der Waals surface area contributed by atoms with Crippen molar-refractivity contribution in [3.63, 3.8) is 0 Å². The van der Waals surface area contributed by atoms with Gasteiger partial charge in [0.1, 0.15) is 0 Å². The molecule has 1 aromatic carbocycles. The molecule has 0 aliphatic heterocycles. The van der Waals surface area contributed by atoms with Gasteiger partial charge < -0.3 is 5.32 Å². The van der Waals surface area contributed by atoms with Gasteiger partial charge in [0.2, 0.25) is 0 Å². The maximum Gasteiger partial charge on any atom is 0.0762 e. The molecule has 0 aliphatic rings. The molecule has 1 atom stereocenters. The molecule has 2 aromatic heterocycles. The van der Waals surface area contributed by atoms with Gasteiger partial charge in [-0.1, -0.05) is 30.3 Å². The fraction of sp³-hybridized carbons (Fsp3) is 0.176. The molecule has 0 aliphatic carbocycles. The fourth-order valence-corrected chi connectivity index (χ4v) is 2.39. The topological polar surface area (TPSA) is 42.7 Å². The smallest absolute Gasteiger partial charge is 0.0762 e. The van der Waals surface area contributed by atoms with Crippen molar-refractivity contribution in [2.75, 3.05) is 0 Å². The van der Waals surface area contributed by atoms with E-state index in [-0.39, 0.29) is 6.04 Å². The molecule has 4 heteroatoms. The second-order valence-corrected chi connectivity index (χ2v) is 4.99. The van der Waals surface area contributed by atoms with E-state index in [1.54, 1.807) is 0 Å². The van der Waals surface area contributed by atoms with Crippen LogP contribution < -0.4 is 5.32 Å². The van der Waals surface area contributed by atoms with Crippen molar-refractivity contribution in [1.29, 1.82) is 0 Å². The summed E-state index contributed by atoms with van der Waals surface area (Å²) in [5.74, 6) is 0. The van der Waals surface area contributed by atoms with Gasteiger partial charge in [-0.2, -0.15) is 5.10 Å². The monoisotopic (exact) mass is 278 g/mol. The summed E-state index contributed by atoms with van der Waals surface area (Å²) in [4.78, 5) is 4.10. The molecule has 21 heavy (non-hydrogen) atoms. The van der Waals surface area contributed by atoms with Gasteiger partial charge in [0.05, 0.1) is 11.7 Å². The van der Waals surface area contributed by atoms with Crippen LogP contribution in [0.2, 0.25) is 0 Å². The van der Waals surface area contributed by atoms with Gasteiger partial charge in [-0.15, -0.1) is 0 Å². The highest BCUT2D eigenvalue weighted by Gasteiger charge is 2.13. The summed E-state index contributed by atoms with van der Waals surface area (Å²) in [6.07, 6.45) is 5.61. The van der Waals surface area contributed by atoms with Crippen LogP contribution >= 0.6 is 0 Å². The van der Waals surface area contributed by atoms with E-state index in [0.29, 0.717) is 0 Å². The number of benzene rings is 1. The zero-order valence-corrected chi connectivity index (χ0v) is 12.0. The molecular weight excluding hydrogens is 260 g/mol. The zero-order chi connectivity index (χ0) is 14.5. The molecule has 106 valence electrons. The minimum Gasteiger partial charge on any atom is -0.300 e. The van der Waals surface area contributed by atoms with Gasteiger partial charge in [0.25, 0.3) is 0 Å². The maximum atomic E-state index is 4.41. The van der Waals surface area contributed by atoms with E-state index in [0.717, 1.165) is 12.2 Å². The second-order valence-electron chi connectivity index (χ2n) is 4.99. The summed E-state index contributed by atoms with van der Waals surface area (Å²) in [6.45, 7) is 0.725. The van der Waals surface area contributed by atoms with Crippen LogP contribution in [-0.4, -0.2) is 14.8 Å². The first-order valence-corrected chi connectivity index (χ1v) is 7.00. The molecule has 0 bridgehead atoms. The van der Waals surface area contributed by atoms with Crippen molar-refractivity contribution >= 4 is 0 Å². The van der Waals surface area contributed by atoms with Crippen molar-refractivity contribution in [2.24, 2.45) is 7.05 Å². The molecule has 2 heterocycles. The van der Waals surface area contributed by atoms with Gasteiger partial charge in [-0.05, 0) is 29.3 Å². The van der Waals surface area contributed by atoms with Gasteiger partial charge in [-0.3, -0.25) is 9.67 Å². The van der Waals surface area contributed by atoms with Crippen LogP contribution in [0, 0.1) is 0 Å². The first kappa shape index (κ1) is 13.5. The van der Waals surface area contributed by atoms with Crippen molar-refractivity contribution in [2.45, 2.75) is 12.6 Å². The lowest BCUT2D eigenvalue weighted by atomic mass is 9.99. The molecule has 4 nitrogen and oxygen atoms in total. The number of rotatable bonds is 5. The summed E-state index contributed by atoms with van der Waals surface area (Å²) >= 11 is 0.